The summed E-state index contributed by atoms with van der Waals surface area (Å²) in [5, 5.41) is 0. The first-order valence-corrected chi connectivity index (χ1v) is 16.7. The lowest BCUT2D eigenvalue weighted by molar-refractivity contribution is -0.125. The molecule has 1 unspecified atom stereocenters. The van der Waals surface area contributed by atoms with E-state index in [9.17, 15) is 4.79 Å². The molecule has 2 aliphatic carbocycles. The molecule has 3 fully saturated rings. The van der Waals surface area contributed by atoms with Gasteiger partial charge in [-0.05, 0) is 130 Å². The minimum atomic E-state index is -0.0447. The minimum absolute atomic E-state index is 0.0447. The van der Waals surface area contributed by atoms with Crippen molar-refractivity contribution in [2.45, 2.75) is 90.4 Å². The number of benzene rings is 1. The molecule has 2 saturated heterocycles. The van der Waals surface area contributed by atoms with Crippen molar-refractivity contribution in [1.82, 2.24) is 9.80 Å². The Hall–Kier alpha value is -3.19. The van der Waals surface area contributed by atoms with Gasteiger partial charge in [0.2, 0.25) is 0 Å². The van der Waals surface area contributed by atoms with Crippen molar-refractivity contribution in [3.63, 3.8) is 0 Å². The third kappa shape index (κ3) is 7.60. The fourth-order valence-corrected chi connectivity index (χ4v) is 7.75. The first-order valence-electron chi connectivity index (χ1n) is 16.7. The predicted molar refractivity (Wildman–Crippen MR) is 175 cm³/mol. The fraction of sp³-hybridized carbons (Fsp3) is 0.553. The third-order valence-corrected chi connectivity index (χ3v) is 10.3. The molecule has 1 atom stereocenters. The zero-order valence-corrected chi connectivity index (χ0v) is 25.8. The number of nitrogens with zero attached hydrogens (tertiary/aromatic N) is 2. The van der Waals surface area contributed by atoms with Gasteiger partial charge in [0.25, 0.3) is 5.91 Å². The Morgan fingerprint density at radius 3 is 2.50 bits per heavy atom. The van der Waals surface area contributed by atoms with E-state index in [0.717, 1.165) is 82.5 Å². The fourth-order valence-electron chi connectivity index (χ4n) is 7.75. The molecule has 0 aromatic heterocycles. The summed E-state index contributed by atoms with van der Waals surface area (Å²) >= 11 is 0. The first kappa shape index (κ1) is 30.3. The smallest absolute Gasteiger partial charge is 0.262 e. The van der Waals surface area contributed by atoms with Crippen molar-refractivity contribution in [2.24, 2.45) is 23.5 Å². The largest absolute Gasteiger partial charge is 0.385 e. The number of likely N-dealkylation sites (tertiary alicyclic amines) is 2. The normalized spacial score (nSPS) is 27.5. The molecule has 42 heavy (non-hydrogen) atoms. The molecule has 2 heterocycles. The number of fused-ring (bicyclic) bond motifs is 1. The number of allylic oxidation sites excluding steroid dienone is 4. The SMILES string of the molecule is C#C/C(=C\C=C(/N)N1CCC/C(=C/C2CCC(C3C/C=C\c4c(CC)cccc4CC3)CC2)CC1)C(=O)N1CCCC1. The third-order valence-electron chi connectivity index (χ3n) is 10.3. The lowest BCUT2D eigenvalue weighted by Crippen LogP contribution is -2.29. The highest BCUT2D eigenvalue weighted by atomic mass is 16.2. The van der Waals surface area contributed by atoms with E-state index in [4.69, 9.17) is 12.2 Å². The second-order valence-electron chi connectivity index (χ2n) is 12.9. The van der Waals surface area contributed by atoms with Gasteiger partial charge in [-0.1, -0.05) is 54.8 Å². The van der Waals surface area contributed by atoms with Gasteiger partial charge in [0, 0.05) is 26.2 Å². The Morgan fingerprint density at radius 2 is 1.74 bits per heavy atom. The maximum atomic E-state index is 12.7. The maximum Gasteiger partial charge on any atom is 0.262 e. The monoisotopic (exact) mass is 565 g/mol. The van der Waals surface area contributed by atoms with Crippen LogP contribution in [0.3, 0.4) is 0 Å². The number of terminal acetylenes is 1. The molecule has 1 aromatic carbocycles. The molecule has 0 spiro atoms. The van der Waals surface area contributed by atoms with Crippen molar-refractivity contribution in [3.05, 3.63) is 76.2 Å². The molecule has 5 rings (SSSR count). The molecular weight excluding hydrogens is 514 g/mol. The van der Waals surface area contributed by atoms with Gasteiger partial charge in [-0.2, -0.15) is 0 Å². The number of rotatable bonds is 6. The van der Waals surface area contributed by atoms with Crippen molar-refractivity contribution in [2.75, 3.05) is 26.2 Å². The summed E-state index contributed by atoms with van der Waals surface area (Å²) in [6.45, 7) is 5.74. The summed E-state index contributed by atoms with van der Waals surface area (Å²) in [5.74, 6) is 5.66. The highest BCUT2D eigenvalue weighted by Gasteiger charge is 2.27. The molecular formula is C38H51N3O. The van der Waals surface area contributed by atoms with E-state index < -0.39 is 0 Å². The van der Waals surface area contributed by atoms with E-state index in [0.29, 0.717) is 11.4 Å². The van der Waals surface area contributed by atoms with Crippen LogP contribution in [0.2, 0.25) is 0 Å². The van der Waals surface area contributed by atoms with Crippen LogP contribution in [-0.2, 0) is 17.6 Å². The number of nitrogens with two attached hydrogens (primary N) is 1. The van der Waals surface area contributed by atoms with Gasteiger partial charge in [0.15, 0.2) is 0 Å². The summed E-state index contributed by atoms with van der Waals surface area (Å²) in [7, 11) is 0. The minimum Gasteiger partial charge on any atom is -0.385 e. The Labute approximate surface area is 254 Å². The average Bonchev–Trinajstić information content (AvgIpc) is 3.45. The van der Waals surface area contributed by atoms with Crippen LogP contribution in [0.15, 0.2) is 59.5 Å². The van der Waals surface area contributed by atoms with Crippen LogP contribution in [0.25, 0.3) is 6.08 Å². The van der Waals surface area contributed by atoms with Gasteiger partial charge in [-0.25, -0.2) is 0 Å². The van der Waals surface area contributed by atoms with Gasteiger partial charge in [-0.15, -0.1) is 6.42 Å². The Balaban J connectivity index is 1.11. The van der Waals surface area contributed by atoms with E-state index in [1.807, 2.05) is 11.0 Å². The van der Waals surface area contributed by atoms with Crippen molar-refractivity contribution in [1.29, 1.82) is 0 Å². The summed E-state index contributed by atoms with van der Waals surface area (Å²) in [4.78, 5) is 16.8. The first-order chi connectivity index (χ1) is 20.6. The summed E-state index contributed by atoms with van der Waals surface area (Å²) in [5.41, 5.74) is 13.0. The molecule has 0 radical (unpaired) electrons. The van der Waals surface area contributed by atoms with Crippen LogP contribution in [-0.4, -0.2) is 41.9 Å². The molecule has 4 heteroatoms. The Kier molecular flexibility index (Phi) is 10.7. The number of hydrogen-bond donors (Lipinski definition) is 1. The molecule has 224 valence electrons. The molecule has 4 aliphatic rings. The van der Waals surface area contributed by atoms with Crippen molar-refractivity contribution in [3.8, 4) is 12.3 Å². The number of hydrogen-bond acceptors (Lipinski definition) is 3. The van der Waals surface area contributed by atoms with E-state index in [1.165, 1.54) is 56.1 Å². The summed E-state index contributed by atoms with van der Waals surface area (Å²) in [6, 6.07) is 6.90. The van der Waals surface area contributed by atoms with Gasteiger partial charge in [-0.3, -0.25) is 4.79 Å². The zero-order valence-electron chi connectivity index (χ0n) is 25.8. The van der Waals surface area contributed by atoms with Crippen LogP contribution < -0.4 is 5.73 Å². The number of carbonyl (C=O) groups excluding carboxylic acids is 1. The molecule has 1 saturated carbocycles. The summed E-state index contributed by atoms with van der Waals surface area (Å²) in [6.07, 6.45) is 32.6. The van der Waals surface area contributed by atoms with Crippen molar-refractivity contribution >= 4 is 12.0 Å². The highest BCUT2D eigenvalue weighted by Crippen LogP contribution is 2.39. The van der Waals surface area contributed by atoms with E-state index >= 15 is 0 Å². The zero-order chi connectivity index (χ0) is 29.3. The standard InChI is InChI=1S/C38H51N3O/c1-3-31-11-7-13-35-20-19-33(12-8-14-36(31)35)34-17-15-30(16-18-34)28-29-10-9-26-40(27-23-29)37(39)22-21-32(4-2)38(42)41-24-5-6-25-41/h2,7-8,11,13-14,21-22,28,30,33-34H,3,5-6,9-10,12,15-20,23-27,39H2,1H3/b14-8-,29-28-,32-21+,37-22+. The number of carbonyl (C=O) groups is 1. The van der Waals surface area contributed by atoms with E-state index in [1.54, 1.807) is 17.2 Å². The molecule has 2 N–H and O–H groups in total. The summed E-state index contributed by atoms with van der Waals surface area (Å²) < 4.78 is 0. The lowest BCUT2D eigenvalue weighted by atomic mass is 9.72. The molecule has 2 aliphatic heterocycles. The molecule has 4 nitrogen and oxygen atoms in total. The molecule has 1 aromatic rings. The van der Waals surface area contributed by atoms with Gasteiger partial charge < -0.3 is 15.5 Å². The van der Waals surface area contributed by atoms with Crippen molar-refractivity contribution < 1.29 is 4.79 Å². The molecule has 0 bridgehead atoms. The maximum absolute atomic E-state index is 12.7. The Bertz CT molecular complexity index is 1250. The predicted octanol–water partition coefficient (Wildman–Crippen LogP) is 7.42. The van der Waals surface area contributed by atoms with Gasteiger partial charge in [0.05, 0.1) is 11.4 Å². The quantitative estimate of drug-likeness (QED) is 0.169. The van der Waals surface area contributed by atoms with Crippen LogP contribution in [0.1, 0.15) is 94.2 Å². The number of amides is 1. The second kappa shape index (κ2) is 14.8. The Morgan fingerprint density at radius 1 is 0.952 bits per heavy atom. The van der Waals surface area contributed by atoms with Crippen LogP contribution in [0, 0.1) is 30.1 Å². The highest BCUT2D eigenvalue weighted by molar-refractivity contribution is 5.98. The number of aryl methyl sites for hydroxylation is 2. The van der Waals surface area contributed by atoms with Crippen LogP contribution in [0.4, 0.5) is 0 Å². The average molecular weight is 566 g/mol. The molecule has 1 amide bonds. The van der Waals surface area contributed by atoms with Gasteiger partial charge >= 0.3 is 0 Å². The van der Waals surface area contributed by atoms with Gasteiger partial charge in [0.1, 0.15) is 0 Å². The van der Waals surface area contributed by atoms with Crippen LogP contribution >= 0.6 is 0 Å². The van der Waals surface area contributed by atoms with E-state index in [-0.39, 0.29) is 5.91 Å². The topological polar surface area (TPSA) is 49.6 Å². The van der Waals surface area contributed by atoms with Crippen LogP contribution in [0.5, 0.6) is 0 Å². The second-order valence-corrected chi connectivity index (χ2v) is 12.9. The van der Waals surface area contributed by atoms with E-state index in [2.05, 4.69) is 54.2 Å². The lowest BCUT2D eigenvalue weighted by Gasteiger charge is -2.34.